The number of ether oxygens (including phenoxy) is 8. The van der Waals surface area contributed by atoms with Gasteiger partial charge in [0.1, 0.15) is 17.8 Å². The van der Waals surface area contributed by atoms with E-state index in [-0.39, 0.29) is 29.7 Å². The second-order valence-electron chi connectivity index (χ2n) is 15.6. The molecule has 4 fully saturated rings. The van der Waals surface area contributed by atoms with E-state index in [9.17, 15) is 28.8 Å². The fraction of sp³-hybridized carbons (Fsp3) is 0.595. The molecule has 9 atom stereocenters. The molecule has 5 aliphatic rings. The Bertz CT molecular complexity index is 1790. The van der Waals surface area contributed by atoms with Crippen molar-refractivity contribution >= 4 is 41.8 Å². The molecule has 3 aliphatic carbocycles. The van der Waals surface area contributed by atoms with Gasteiger partial charge in [0, 0.05) is 31.3 Å². The van der Waals surface area contributed by atoms with Crippen molar-refractivity contribution in [2.45, 2.75) is 116 Å². The summed E-state index contributed by atoms with van der Waals surface area (Å²) in [4.78, 5) is 96.7. The number of ketones is 2. The van der Waals surface area contributed by atoms with Crippen molar-refractivity contribution in [1.29, 1.82) is 0 Å². The summed E-state index contributed by atoms with van der Waals surface area (Å²) >= 11 is 0. The fourth-order valence-corrected chi connectivity index (χ4v) is 8.99. The first-order valence-electron chi connectivity index (χ1n) is 16.9. The van der Waals surface area contributed by atoms with Crippen LogP contribution in [-0.2, 0) is 57.1 Å². The molecule has 2 saturated heterocycles. The third-order valence-electron chi connectivity index (χ3n) is 11.1. The lowest BCUT2D eigenvalue weighted by Crippen LogP contribution is -2.83. The van der Waals surface area contributed by atoms with Crippen LogP contribution in [0.25, 0.3) is 0 Å². The molecule has 2 heterocycles. The number of rotatable bonds is 5. The predicted octanol–water partition coefficient (Wildman–Crippen LogP) is 3.97. The minimum Gasteiger partial charge on any atom is -0.454 e. The monoisotopic (exact) mass is 726 g/mol. The molecule has 15 heteroatoms. The molecule has 1 aromatic carbocycles. The highest BCUT2D eigenvalue weighted by Crippen LogP contribution is 2.66. The van der Waals surface area contributed by atoms with E-state index in [2.05, 4.69) is 0 Å². The quantitative estimate of drug-likeness (QED) is 0.312. The van der Waals surface area contributed by atoms with E-state index in [1.54, 1.807) is 52.8 Å². The van der Waals surface area contributed by atoms with Crippen LogP contribution in [0.5, 0.6) is 0 Å². The molecule has 0 amide bonds. The lowest BCUT2D eigenvalue weighted by molar-refractivity contribution is -0.344. The SMILES string of the molecule is CC(=O)O[C@H]1C(=O)[C@@]2(C)C([C@H](OC(=O)c3ccccc3)[C@]34OC(=O)O[C@H]3C(=O)C(C)=C1C4(C)C)[C@]1(OC(C)=O)CO[C@@H]1C[C@@H]2OC(=O)OC(C)(C)C. The minimum atomic E-state index is -2.29. The molecular formula is C37H42O15. The molecule has 0 aromatic heterocycles. The summed E-state index contributed by atoms with van der Waals surface area (Å²) in [7, 11) is 0. The smallest absolute Gasteiger partial charge is 0.454 e. The van der Waals surface area contributed by atoms with Crippen molar-refractivity contribution in [2.24, 2.45) is 16.7 Å². The van der Waals surface area contributed by atoms with Crippen molar-refractivity contribution in [3.05, 3.63) is 47.0 Å². The molecule has 2 saturated carbocycles. The Morgan fingerprint density at radius 1 is 0.904 bits per heavy atom. The van der Waals surface area contributed by atoms with Gasteiger partial charge in [-0.15, -0.1) is 0 Å². The van der Waals surface area contributed by atoms with Crippen LogP contribution >= 0.6 is 0 Å². The molecule has 52 heavy (non-hydrogen) atoms. The first kappa shape index (κ1) is 37.0. The summed E-state index contributed by atoms with van der Waals surface area (Å²) in [5, 5.41) is 0. The Morgan fingerprint density at radius 2 is 1.56 bits per heavy atom. The topological polar surface area (TPSA) is 193 Å². The van der Waals surface area contributed by atoms with E-state index in [0.717, 1.165) is 13.8 Å². The number of benzene rings is 1. The lowest BCUT2D eigenvalue weighted by Gasteiger charge is -2.67. The maximum Gasteiger partial charge on any atom is 0.510 e. The maximum atomic E-state index is 15.6. The number of carbonyl (C=O) groups is 7. The average Bonchev–Trinajstić information content (AvgIpc) is 3.40. The minimum absolute atomic E-state index is 0.0442. The summed E-state index contributed by atoms with van der Waals surface area (Å²) in [6.07, 6.45) is -10.7. The molecule has 280 valence electrons. The fourth-order valence-electron chi connectivity index (χ4n) is 8.99. The van der Waals surface area contributed by atoms with Crippen LogP contribution in [-0.4, -0.2) is 95.7 Å². The molecule has 0 N–H and O–H groups in total. The third-order valence-corrected chi connectivity index (χ3v) is 11.1. The molecule has 2 bridgehead atoms. The van der Waals surface area contributed by atoms with Crippen molar-refractivity contribution in [3.63, 3.8) is 0 Å². The van der Waals surface area contributed by atoms with E-state index in [0.29, 0.717) is 0 Å². The van der Waals surface area contributed by atoms with Gasteiger partial charge in [0.15, 0.2) is 23.6 Å². The van der Waals surface area contributed by atoms with Crippen LogP contribution in [0, 0.1) is 16.7 Å². The Balaban J connectivity index is 1.72. The Labute approximate surface area is 299 Å². The van der Waals surface area contributed by atoms with Crippen molar-refractivity contribution in [2.75, 3.05) is 6.61 Å². The number of hydrogen-bond donors (Lipinski definition) is 0. The summed E-state index contributed by atoms with van der Waals surface area (Å²) in [5.74, 6) is -5.92. The van der Waals surface area contributed by atoms with Gasteiger partial charge in [0.2, 0.25) is 17.5 Å². The molecule has 1 unspecified atom stereocenters. The highest BCUT2D eigenvalue weighted by Gasteiger charge is 2.83. The van der Waals surface area contributed by atoms with E-state index in [1.165, 1.54) is 26.0 Å². The number of carbonyl (C=O) groups excluding carboxylic acids is 7. The third kappa shape index (κ3) is 5.29. The maximum absolute atomic E-state index is 15.6. The zero-order valence-corrected chi connectivity index (χ0v) is 30.4. The highest BCUT2D eigenvalue weighted by atomic mass is 16.8. The number of Topliss-reactive ketones (excluding diaryl/α,β-unsaturated/α-hetero) is 2. The van der Waals surface area contributed by atoms with Gasteiger partial charge < -0.3 is 37.9 Å². The first-order valence-corrected chi connectivity index (χ1v) is 16.9. The van der Waals surface area contributed by atoms with Crippen molar-refractivity contribution in [1.82, 2.24) is 0 Å². The summed E-state index contributed by atoms with van der Waals surface area (Å²) < 4.78 is 47.4. The van der Waals surface area contributed by atoms with Gasteiger partial charge in [-0.2, -0.15) is 0 Å². The van der Waals surface area contributed by atoms with Crippen LogP contribution in [0.2, 0.25) is 0 Å². The van der Waals surface area contributed by atoms with Gasteiger partial charge in [-0.3, -0.25) is 19.2 Å². The highest BCUT2D eigenvalue weighted by molar-refractivity contribution is 6.06. The Kier molecular flexibility index (Phi) is 8.63. The van der Waals surface area contributed by atoms with Gasteiger partial charge in [-0.05, 0) is 52.3 Å². The standard InChI is InChI=1S/C37H42O15/c1-17-23-25(46-18(2)38)27(41)35(9)21(47-31(43)51-33(4,5)6)15-22-36(16-45-22,50-19(3)39)26(35)29(48-30(42)20-13-11-10-12-14-20)37(34(23,7)8)28(24(17)40)49-32(44)52-37/h10-14,21-22,25-26,28-29H,15-16H2,1-9H3/t21-,22+,25+,26?,28-,29-,35+,36-,37+/m0/s1. The largest absolute Gasteiger partial charge is 0.510 e. The number of hydrogen-bond acceptors (Lipinski definition) is 15. The zero-order valence-electron chi connectivity index (χ0n) is 30.4. The molecule has 15 nitrogen and oxygen atoms in total. The molecule has 1 aromatic rings. The van der Waals surface area contributed by atoms with Gasteiger partial charge in [-0.1, -0.05) is 32.0 Å². The summed E-state index contributed by atoms with van der Waals surface area (Å²) in [6, 6.07) is 7.79. The molecule has 0 radical (unpaired) electrons. The molecular weight excluding hydrogens is 684 g/mol. The number of esters is 3. The zero-order chi connectivity index (χ0) is 38.3. The average molecular weight is 727 g/mol. The number of fused-ring (bicyclic) bond motifs is 4. The van der Waals surface area contributed by atoms with Crippen molar-refractivity contribution in [3.8, 4) is 0 Å². The van der Waals surface area contributed by atoms with Crippen LogP contribution in [0.3, 0.4) is 0 Å². The van der Waals surface area contributed by atoms with Crippen LogP contribution < -0.4 is 0 Å². The lowest BCUT2D eigenvalue weighted by atomic mass is 9.44. The van der Waals surface area contributed by atoms with Gasteiger partial charge in [-0.25, -0.2) is 14.4 Å². The van der Waals surface area contributed by atoms with Crippen LogP contribution in [0.4, 0.5) is 9.59 Å². The van der Waals surface area contributed by atoms with E-state index < -0.39 is 106 Å². The van der Waals surface area contributed by atoms with Crippen LogP contribution in [0.1, 0.15) is 79.1 Å². The second-order valence-corrected chi connectivity index (χ2v) is 15.6. The first-order chi connectivity index (χ1) is 24.1. The molecule has 1 spiro atoms. The summed E-state index contributed by atoms with van der Waals surface area (Å²) in [5.41, 5.74) is -8.94. The van der Waals surface area contributed by atoms with Crippen LogP contribution in [0.15, 0.2) is 41.5 Å². The predicted molar refractivity (Wildman–Crippen MR) is 173 cm³/mol. The Hall–Kier alpha value is -4.79. The second kappa shape index (κ2) is 12.1. The van der Waals surface area contributed by atoms with E-state index in [1.807, 2.05) is 0 Å². The summed E-state index contributed by atoms with van der Waals surface area (Å²) in [6.45, 7) is 12.6. The van der Waals surface area contributed by atoms with Crippen molar-refractivity contribution < 1.29 is 71.5 Å². The molecule has 2 aliphatic heterocycles. The van der Waals surface area contributed by atoms with Gasteiger partial charge in [0.25, 0.3) is 0 Å². The molecule has 6 rings (SSSR count). The Morgan fingerprint density at radius 3 is 2.12 bits per heavy atom. The normalized spacial score (nSPS) is 35.8. The van der Waals surface area contributed by atoms with Gasteiger partial charge in [0.05, 0.1) is 23.5 Å². The van der Waals surface area contributed by atoms with Gasteiger partial charge >= 0.3 is 30.2 Å². The van der Waals surface area contributed by atoms with E-state index >= 15 is 4.79 Å². The van der Waals surface area contributed by atoms with E-state index in [4.69, 9.17) is 37.9 Å².